The summed E-state index contributed by atoms with van der Waals surface area (Å²) in [6.07, 6.45) is 1.01. The zero-order chi connectivity index (χ0) is 17.6. The predicted octanol–water partition coefficient (Wildman–Crippen LogP) is 3.80. The molecule has 0 saturated carbocycles. The second-order valence-corrected chi connectivity index (χ2v) is 7.07. The van der Waals surface area contributed by atoms with Crippen molar-refractivity contribution in [2.45, 2.75) is 26.7 Å². The number of hydrogen-bond acceptors (Lipinski definition) is 7. The van der Waals surface area contributed by atoms with Crippen LogP contribution in [0.3, 0.4) is 0 Å². The molecule has 0 spiro atoms. The number of rotatable bonds is 7. The number of carbonyl (C=O) groups excluding carboxylic acids is 1. The van der Waals surface area contributed by atoms with E-state index in [1.807, 2.05) is 43.5 Å². The fraction of sp³-hybridized carbons (Fsp3) is 0.294. The molecular weight excluding hydrogens is 356 g/mol. The zero-order valence-electron chi connectivity index (χ0n) is 14.0. The van der Waals surface area contributed by atoms with Gasteiger partial charge in [-0.1, -0.05) is 30.4 Å². The van der Waals surface area contributed by atoms with Gasteiger partial charge in [-0.05, 0) is 25.5 Å². The number of para-hydroxylation sites is 1. The first-order valence-corrected chi connectivity index (χ1v) is 9.68. The summed E-state index contributed by atoms with van der Waals surface area (Å²) in [4.78, 5) is 16.7. The van der Waals surface area contributed by atoms with Gasteiger partial charge in [0.05, 0.1) is 24.3 Å². The quantitative estimate of drug-likeness (QED) is 0.680. The molecule has 1 N–H and O–H groups in total. The Morgan fingerprint density at radius 3 is 2.84 bits per heavy atom. The average Bonchev–Trinajstić information content (AvgIpc) is 3.25. The van der Waals surface area contributed by atoms with E-state index in [4.69, 9.17) is 4.74 Å². The summed E-state index contributed by atoms with van der Waals surface area (Å²) in [5.41, 5.74) is 1.67. The molecule has 0 aliphatic heterocycles. The summed E-state index contributed by atoms with van der Waals surface area (Å²) in [5.74, 6) is 0.657. The highest BCUT2D eigenvalue weighted by Crippen LogP contribution is 2.32. The van der Waals surface area contributed by atoms with Gasteiger partial charge in [0.1, 0.15) is 15.8 Å². The molecule has 130 valence electrons. The molecule has 8 heteroatoms. The van der Waals surface area contributed by atoms with Gasteiger partial charge in [0.2, 0.25) is 11.0 Å². The lowest BCUT2D eigenvalue weighted by Gasteiger charge is -2.07. The number of hydrogen-bond donors (Lipinski definition) is 1. The summed E-state index contributed by atoms with van der Waals surface area (Å²) >= 11 is 2.89. The maximum atomic E-state index is 12.2. The van der Waals surface area contributed by atoms with E-state index < -0.39 is 0 Å². The summed E-state index contributed by atoms with van der Waals surface area (Å²) < 4.78 is 5.65. The van der Waals surface area contributed by atoms with E-state index in [1.165, 1.54) is 22.7 Å². The highest BCUT2D eigenvalue weighted by Gasteiger charge is 2.13. The molecule has 3 aromatic rings. The molecule has 3 rings (SSSR count). The van der Waals surface area contributed by atoms with Crippen LogP contribution in [0.5, 0.6) is 5.75 Å². The van der Waals surface area contributed by atoms with Crippen molar-refractivity contribution in [3.63, 3.8) is 0 Å². The van der Waals surface area contributed by atoms with Crippen molar-refractivity contribution in [1.29, 1.82) is 0 Å². The fourth-order valence-electron chi connectivity index (χ4n) is 2.21. The SMILES string of the molecule is CCOc1ccccc1-c1nc(CC(=O)Nc2nnc(CC)s2)cs1. The fourth-order valence-corrected chi connectivity index (χ4v) is 3.76. The number of thiazole rings is 1. The maximum absolute atomic E-state index is 12.2. The van der Waals surface area contributed by atoms with Gasteiger partial charge in [-0.15, -0.1) is 21.5 Å². The minimum absolute atomic E-state index is 0.145. The number of aryl methyl sites for hydroxylation is 1. The third kappa shape index (κ3) is 4.40. The molecule has 0 aliphatic carbocycles. The van der Waals surface area contributed by atoms with Crippen LogP contribution in [0.25, 0.3) is 10.6 Å². The van der Waals surface area contributed by atoms with Crippen LogP contribution in [-0.2, 0) is 17.6 Å². The van der Waals surface area contributed by atoms with Crippen molar-refractivity contribution in [2.75, 3.05) is 11.9 Å². The van der Waals surface area contributed by atoms with Crippen molar-refractivity contribution < 1.29 is 9.53 Å². The predicted molar refractivity (Wildman–Crippen MR) is 100 cm³/mol. The summed E-state index contributed by atoms with van der Waals surface area (Å²) in [6.45, 7) is 4.55. The summed E-state index contributed by atoms with van der Waals surface area (Å²) in [7, 11) is 0. The Balaban J connectivity index is 1.68. The Labute approximate surface area is 153 Å². The number of nitrogens with zero attached hydrogens (tertiary/aromatic N) is 3. The topological polar surface area (TPSA) is 77.0 Å². The molecule has 1 aromatic carbocycles. The monoisotopic (exact) mass is 374 g/mol. The van der Waals surface area contributed by atoms with Gasteiger partial charge in [-0.25, -0.2) is 4.98 Å². The van der Waals surface area contributed by atoms with Crippen LogP contribution in [0.4, 0.5) is 5.13 Å². The Bertz CT molecular complexity index is 860. The van der Waals surface area contributed by atoms with E-state index in [0.29, 0.717) is 11.7 Å². The number of carbonyl (C=O) groups is 1. The van der Waals surface area contributed by atoms with Crippen molar-refractivity contribution >= 4 is 33.7 Å². The normalized spacial score (nSPS) is 10.6. The Hall–Kier alpha value is -2.32. The highest BCUT2D eigenvalue weighted by molar-refractivity contribution is 7.15. The molecule has 0 unspecified atom stereocenters. The van der Waals surface area contributed by atoms with Gasteiger partial charge in [-0.3, -0.25) is 4.79 Å². The van der Waals surface area contributed by atoms with Crippen LogP contribution in [0.15, 0.2) is 29.6 Å². The van der Waals surface area contributed by atoms with Crippen molar-refractivity contribution in [3.05, 3.63) is 40.3 Å². The lowest BCUT2D eigenvalue weighted by Crippen LogP contribution is -2.14. The number of ether oxygens (including phenoxy) is 1. The van der Waals surface area contributed by atoms with Gasteiger partial charge in [-0.2, -0.15) is 0 Å². The van der Waals surface area contributed by atoms with Gasteiger partial charge in [0, 0.05) is 5.38 Å². The first kappa shape index (κ1) is 17.5. The zero-order valence-corrected chi connectivity index (χ0v) is 15.6. The van der Waals surface area contributed by atoms with Crippen LogP contribution in [0, 0.1) is 0 Å². The number of anilines is 1. The molecule has 0 fully saturated rings. The molecule has 0 saturated heterocycles. The molecule has 6 nitrogen and oxygen atoms in total. The second kappa shape index (κ2) is 8.17. The van der Waals surface area contributed by atoms with Crippen molar-refractivity contribution in [2.24, 2.45) is 0 Å². The van der Waals surface area contributed by atoms with Gasteiger partial charge in [0.25, 0.3) is 0 Å². The van der Waals surface area contributed by atoms with E-state index in [2.05, 4.69) is 20.5 Å². The molecule has 0 bridgehead atoms. The first-order chi connectivity index (χ1) is 12.2. The third-order valence-electron chi connectivity index (χ3n) is 3.33. The number of benzene rings is 1. The van der Waals surface area contributed by atoms with Crippen LogP contribution < -0.4 is 10.1 Å². The Kier molecular flexibility index (Phi) is 5.72. The highest BCUT2D eigenvalue weighted by atomic mass is 32.1. The van der Waals surface area contributed by atoms with Gasteiger partial charge in [0.15, 0.2) is 0 Å². The van der Waals surface area contributed by atoms with E-state index in [0.717, 1.165) is 33.4 Å². The maximum Gasteiger partial charge on any atom is 0.232 e. The first-order valence-electron chi connectivity index (χ1n) is 7.98. The lowest BCUT2D eigenvalue weighted by molar-refractivity contribution is -0.115. The van der Waals surface area contributed by atoms with Crippen LogP contribution in [0.1, 0.15) is 24.5 Å². The number of amides is 1. The second-order valence-electron chi connectivity index (χ2n) is 5.15. The van der Waals surface area contributed by atoms with E-state index >= 15 is 0 Å². The van der Waals surface area contributed by atoms with Crippen molar-refractivity contribution in [1.82, 2.24) is 15.2 Å². The number of nitrogens with one attached hydrogen (secondary N) is 1. The van der Waals surface area contributed by atoms with Crippen LogP contribution in [0.2, 0.25) is 0 Å². The molecular formula is C17H18N4O2S2. The van der Waals surface area contributed by atoms with Crippen LogP contribution in [-0.4, -0.2) is 27.7 Å². The molecule has 1 amide bonds. The molecule has 0 aliphatic rings. The third-order valence-corrected chi connectivity index (χ3v) is 5.23. The smallest absolute Gasteiger partial charge is 0.232 e. The number of aromatic nitrogens is 3. The lowest BCUT2D eigenvalue weighted by atomic mass is 10.2. The Morgan fingerprint density at radius 1 is 1.24 bits per heavy atom. The molecule has 0 atom stereocenters. The summed E-state index contributed by atoms with van der Waals surface area (Å²) in [5, 5.41) is 14.9. The molecule has 25 heavy (non-hydrogen) atoms. The molecule has 2 aromatic heterocycles. The van der Waals surface area contributed by atoms with Gasteiger partial charge < -0.3 is 10.1 Å². The summed E-state index contributed by atoms with van der Waals surface area (Å²) in [6, 6.07) is 7.78. The Morgan fingerprint density at radius 2 is 2.08 bits per heavy atom. The largest absolute Gasteiger partial charge is 0.493 e. The molecule has 2 heterocycles. The minimum atomic E-state index is -0.145. The van der Waals surface area contributed by atoms with E-state index in [-0.39, 0.29) is 12.3 Å². The molecule has 0 radical (unpaired) electrons. The van der Waals surface area contributed by atoms with Crippen LogP contribution >= 0.6 is 22.7 Å². The van der Waals surface area contributed by atoms with E-state index in [1.54, 1.807) is 0 Å². The average molecular weight is 374 g/mol. The van der Waals surface area contributed by atoms with Gasteiger partial charge >= 0.3 is 0 Å². The van der Waals surface area contributed by atoms with Crippen molar-refractivity contribution in [3.8, 4) is 16.3 Å². The van der Waals surface area contributed by atoms with E-state index in [9.17, 15) is 4.79 Å². The minimum Gasteiger partial charge on any atom is -0.493 e. The standard InChI is InChI=1S/C17H18N4O2S2/c1-3-15-20-21-17(25-15)19-14(22)9-11-10-24-16(18-11)12-7-5-6-8-13(12)23-4-2/h5-8,10H,3-4,9H2,1-2H3,(H,19,21,22).